The zero-order valence-electron chi connectivity index (χ0n) is 10.2. The van der Waals surface area contributed by atoms with Crippen LogP contribution in [0, 0.1) is 0 Å². The van der Waals surface area contributed by atoms with Crippen LogP contribution in [0.2, 0.25) is 0 Å². The number of benzene rings is 1. The Bertz CT molecular complexity index is 308. The minimum absolute atomic E-state index is 0.0320. The maximum atomic E-state index is 11.8. The number of nitrogens with one attached hydrogen (secondary N) is 1. The summed E-state index contributed by atoms with van der Waals surface area (Å²) in [5, 5.41) is 3.02. The molecular formula is C14H21NO. The highest BCUT2D eigenvalue weighted by Gasteiger charge is 2.08. The van der Waals surface area contributed by atoms with Gasteiger partial charge in [0.2, 0.25) is 0 Å². The van der Waals surface area contributed by atoms with Gasteiger partial charge in [-0.05, 0) is 25.5 Å². The first-order chi connectivity index (χ1) is 7.74. The van der Waals surface area contributed by atoms with Crippen LogP contribution in [0.3, 0.4) is 0 Å². The second-order valence-electron chi connectivity index (χ2n) is 4.24. The first-order valence-electron chi connectivity index (χ1n) is 6.10. The number of unbranched alkanes of at least 4 members (excludes halogenated alkanes) is 2. The van der Waals surface area contributed by atoms with Crippen LogP contribution in [0.4, 0.5) is 0 Å². The van der Waals surface area contributed by atoms with E-state index < -0.39 is 0 Å². The molecule has 0 fully saturated rings. The molecule has 0 saturated heterocycles. The summed E-state index contributed by atoms with van der Waals surface area (Å²) in [6.07, 6.45) is 4.71. The lowest BCUT2D eigenvalue weighted by Gasteiger charge is -2.13. The average Bonchev–Trinajstić information content (AvgIpc) is 2.30. The van der Waals surface area contributed by atoms with E-state index in [1.807, 2.05) is 30.3 Å². The normalized spacial score (nSPS) is 12.1. The van der Waals surface area contributed by atoms with Gasteiger partial charge in [0, 0.05) is 11.6 Å². The van der Waals surface area contributed by atoms with Gasteiger partial charge in [0.1, 0.15) is 0 Å². The van der Waals surface area contributed by atoms with Gasteiger partial charge in [-0.3, -0.25) is 4.79 Å². The number of hydrogen-bond acceptors (Lipinski definition) is 1. The summed E-state index contributed by atoms with van der Waals surface area (Å²) >= 11 is 0. The monoisotopic (exact) mass is 219 g/mol. The van der Waals surface area contributed by atoms with Crippen molar-refractivity contribution in [1.82, 2.24) is 5.32 Å². The third-order valence-electron chi connectivity index (χ3n) is 2.65. The van der Waals surface area contributed by atoms with Crippen LogP contribution in [0.25, 0.3) is 0 Å². The van der Waals surface area contributed by atoms with E-state index in [0.717, 1.165) is 12.0 Å². The van der Waals surface area contributed by atoms with E-state index in [0.29, 0.717) is 0 Å². The molecule has 1 aromatic carbocycles. The fraction of sp³-hybridized carbons (Fsp3) is 0.500. The van der Waals surface area contributed by atoms with E-state index in [1.165, 1.54) is 19.3 Å². The Hall–Kier alpha value is -1.31. The SMILES string of the molecule is CCCCCC(C)NC(=O)c1ccccc1. The van der Waals surface area contributed by atoms with Crippen molar-refractivity contribution in [2.24, 2.45) is 0 Å². The molecule has 0 heterocycles. The van der Waals surface area contributed by atoms with Crippen molar-refractivity contribution in [2.75, 3.05) is 0 Å². The Morgan fingerprint density at radius 3 is 2.56 bits per heavy atom. The minimum Gasteiger partial charge on any atom is -0.350 e. The molecule has 88 valence electrons. The van der Waals surface area contributed by atoms with Crippen molar-refractivity contribution in [3.8, 4) is 0 Å². The molecule has 1 rings (SSSR count). The Morgan fingerprint density at radius 1 is 1.25 bits per heavy atom. The van der Waals surface area contributed by atoms with E-state index >= 15 is 0 Å². The lowest BCUT2D eigenvalue weighted by atomic mass is 10.1. The summed E-state index contributed by atoms with van der Waals surface area (Å²) in [4.78, 5) is 11.8. The molecule has 0 bridgehead atoms. The molecule has 0 aliphatic rings. The summed E-state index contributed by atoms with van der Waals surface area (Å²) in [5.74, 6) is 0.0320. The molecule has 1 aromatic rings. The van der Waals surface area contributed by atoms with Gasteiger partial charge in [-0.1, -0.05) is 44.4 Å². The number of carbonyl (C=O) groups excluding carboxylic acids is 1. The van der Waals surface area contributed by atoms with Crippen LogP contribution in [-0.4, -0.2) is 11.9 Å². The molecule has 0 saturated carbocycles. The Kier molecular flexibility index (Phi) is 5.62. The van der Waals surface area contributed by atoms with Crippen LogP contribution in [0.15, 0.2) is 30.3 Å². The van der Waals surface area contributed by atoms with E-state index in [4.69, 9.17) is 0 Å². The second-order valence-corrected chi connectivity index (χ2v) is 4.24. The van der Waals surface area contributed by atoms with Crippen LogP contribution in [0.1, 0.15) is 49.9 Å². The van der Waals surface area contributed by atoms with Crippen molar-refractivity contribution < 1.29 is 4.79 Å². The van der Waals surface area contributed by atoms with Gasteiger partial charge in [0.15, 0.2) is 0 Å². The Labute approximate surface area is 98.1 Å². The van der Waals surface area contributed by atoms with Crippen molar-refractivity contribution >= 4 is 5.91 Å². The van der Waals surface area contributed by atoms with E-state index in [1.54, 1.807) is 0 Å². The zero-order chi connectivity index (χ0) is 11.8. The standard InChI is InChI=1S/C14H21NO/c1-3-4-6-9-12(2)15-14(16)13-10-7-5-8-11-13/h5,7-8,10-12H,3-4,6,9H2,1-2H3,(H,15,16). The van der Waals surface area contributed by atoms with Crippen LogP contribution >= 0.6 is 0 Å². The molecule has 1 N–H and O–H groups in total. The van der Waals surface area contributed by atoms with Gasteiger partial charge in [-0.15, -0.1) is 0 Å². The van der Waals surface area contributed by atoms with Gasteiger partial charge < -0.3 is 5.32 Å². The second kappa shape index (κ2) is 7.04. The molecule has 0 aliphatic heterocycles. The van der Waals surface area contributed by atoms with Gasteiger partial charge >= 0.3 is 0 Å². The maximum absolute atomic E-state index is 11.8. The highest BCUT2D eigenvalue weighted by Crippen LogP contribution is 2.04. The summed E-state index contributed by atoms with van der Waals surface area (Å²) in [7, 11) is 0. The highest BCUT2D eigenvalue weighted by atomic mass is 16.1. The number of hydrogen-bond donors (Lipinski definition) is 1. The fourth-order valence-electron chi connectivity index (χ4n) is 1.67. The minimum atomic E-state index is 0.0320. The van der Waals surface area contributed by atoms with E-state index in [-0.39, 0.29) is 11.9 Å². The largest absolute Gasteiger partial charge is 0.350 e. The molecule has 1 unspecified atom stereocenters. The smallest absolute Gasteiger partial charge is 0.251 e. The zero-order valence-corrected chi connectivity index (χ0v) is 10.2. The third-order valence-corrected chi connectivity index (χ3v) is 2.65. The van der Waals surface area contributed by atoms with Gasteiger partial charge in [-0.25, -0.2) is 0 Å². The summed E-state index contributed by atoms with van der Waals surface area (Å²) in [5.41, 5.74) is 0.741. The molecule has 1 amide bonds. The van der Waals surface area contributed by atoms with Crippen molar-refractivity contribution in [3.05, 3.63) is 35.9 Å². The van der Waals surface area contributed by atoms with Crippen LogP contribution in [0.5, 0.6) is 0 Å². The van der Waals surface area contributed by atoms with Crippen molar-refractivity contribution in [1.29, 1.82) is 0 Å². The lowest BCUT2D eigenvalue weighted by Crippen LogP contribution is -2.32. The van der Waals surface area contributed by atoms with Crippen LogP contribution in [-0.2, 0) is 0 Å². The Morgan fingerprint density at radius 2 is 1.94 bits per heavy atom. The number of carbonyl (C=O) groups is 1. The number of amides is 1. The average molecular weight is 219 g/mol. The van der Waals surface area contributed by atoms with E-state index in [9.17, 15) is 4.79 Å². The van der Waals surface area contributed by atoms with Crippen LogP contribution < -0.4 is 5.32 Å². The quantitative estimate of drug-likeness (QED) is 0.730. The molecule has 2 heteroatoms. The summed E-state index contributed by atoms with van der Waals surface area (Å²) in [6, 6.07) is 9.64. The molecule has 0 radical (unpaired) electrons. The predicted molar refractivity (Wildman–Crippen MR) is 67.5 cm³/mol. The van der Waals surface area contributed by atoms with Crippen molar-refractivity contribution in [2.45, 2.75) is 45.6 Å². The van der Waals surface area contributed by atoms with Gasteiger partial charge in [-0.2, -0.15) is 0 Å². The van der Waals surface area contributed by atoms with Crippen molar-refractivity contribution in [3.63, 3.8) is 0 Å². The molecule has 16 heavy (non-hydrogen) atoms. The lowest BCUT2D eigenvalue weighted by molar-refractivity contribution is 0.0938. The Balaban J connectivity index is 2.34. The third kappa shape index (κ3) is 4.47. The van der Waals surface area contributed by atoms with Gasteiger partial charge in [0.25, 0.3) is 5.91 Å². The molecule has 2 nitrogen and oxygen atoms in total. The van der Waals surface area contributed by atoms with Gasteiger partial charge in [0.05, 0.1) is 0 Å². The van der Waals surface area contributed by atoms with E-state index in [2.05, 4.69) is 19.2 Å². The number of rotatable bonds is 6. The predicted octanol–water partition coefficient (Wildman–Crippen LogP) is 3.39. The maximum Gasteiger partial charge on any atom is 0.251 e. The molecule has 0 aliphatic carbocycles. The summed E-state index contributed by atoms with van der Waals surface area (Å²) in [6.45, 7) is 4.25. The molecule has 0 aromatic heterocycles. The first kappa shape index (κ1) is 12.8. The molecule has 1 atom stereocenters. The first-order valence-corrected chi connectivity index (χ1v) is 6.10. The molecule has 0 spiro atoms. The summed E-state index contributed by atoms with van der Waals surface area (Å²) < 4.78 is 0. The fourth-order valence-corrected chi connectivity index (χ4v) is 1.67. The highest BCUT2D eigenvalue weighted by molar-refractivity contribution is 5.94. The molecular weight excluding hydrogens is 198 g/mol. The topological polar surface area (TPSA) is 29.1 Å².